The van der Waals surface area contributed by atoms with Crippen molar-refractivity contribution in [1.29, 1.82) is 0 Å². The first kappa shape index (κ1) is 35.7. The lowest BCUT2D eigenvalue weighted by atomic mass is 9.88. The highest BCUT2D eigenvalue weighted by molar-refractivity contribution is 6.17. The van der Waals surface area contributed by atoms with E-state index in [-0.39, 0.29) is 0 Å². The fourth-order valence-electron chi connectivity index (χ4n) is 9.42. The van der Waals surface area contributed by atoms with Crippen molar-refractivity contribution in [1.82, 2.24) is 15.0 Å². The van der Waals surface area contributed by atoms with E-state index in [0.717, 1.165) is 87.9 Å². The van der Waals surface area contributed by atoms with Gasteiger partial charge in [0.1, 0.15) is 0 Å². The van der Waals surface area contributed by atoms with Gasteiger partial charge in [-0.3, -0.25) is 9.97 Å². The smallest absolute Gasteiger partial charge is 0.0794 e. The maximum absolute atomic E-state index is 5.21. The van der Waals surface area contributed by atoms with Crippen LogP contribution in [0.3, 0.4) is 0 Å². The van der Waals surface area contributed by atoms with Crippen LogP contribution in [0, 0.1) is 0 Å². The normalized spacial score (nSPS) is 11.5. The van der Waals surface area contributed by atoms with Crippen molar-refractivity contribution in [3.05, 3.63) is 225 Å². The molecule has 12 aromatic rings. The SMILES string of the molecule is c1ccc(-c2ccc(-c3cc(-c4ccc(-c5c6ccccc6nc6c5ccc5ccccc56)cc4)cc(-c4ccc(-c5ccccc5)c5cccnc45)c3)c3ncccc23)cc1. The molecule has 0 radical (unpaired) electrons. The molecule has 0 bridgehead atoms. The predicted molar refractivity (Wildman–Crippen MR) is 260 cm³/mol. The van der Waals surface area contributed by atoms with Gasteiger partial charge in [0.05, 0.1) is 22.1 Å². The summed E-state index contributed by atoms with van der Waals surface area (Å²) in [7, 11) is 0. The summed E-state index contributed by atoms with van der Waals surface area (Å²) in [6.45, 7) is 0. The Morgan fingerprint density at radius 2 is 0.758 bits per heavy atom. The van der Waals surface area contributed by atoms with Gasteiger partial charge >= 0.3 is 0 Å². The molecule has 0 aliphatic carbocycles. The molecule has 0 amide bonds. The monoisotopic (exact) mass is 787 g/mol. The van der Waals surface area contributed by atoms with Gasteiger partial charge in [0.2, 0.25) is 0 Å². The van der Waals surface area contributed by atoms with E-state index in [4.69, 9.17) is 15.0 Å². The number of benzene rings is 9. The van der Waals surface area contributed by atoms with E-state index in [1.807, 2.05) is 24.5 Å². The second-order valence-corrected chi connectivity index (χ2v) is 15.9. The zero-order valence-corrected chi connectivity index (χ0v) is 33.7. The van der Waals surface area contributed by atoms with E-state index in [1.54, 1.807) is 0 Å². The minimum absolute atomic E-state index is 0.971. The molecule has 288 valence electrons. The van der Waals surface area contributed by atoms with Gasteiger partial charge < -0.3 is 0 Å². The lowest BCUT2D eigenvalue weighted by Gasteiger charge is -2.16. The molecule has 0 aliphatic heterocycles. The Kier molecular flexibility index (Phi) is 8.50. The summed E-state index contributed by atoms with van der Waals surface area (Å²) in [6, 6.07) is 76.1. The second kappa shape index (κ2) is 14.8. The number of nitrogens with zero attached hydrogens (tertiary/aromatic N) is 3. The van der Waals surface area contributed by atoms with Crippen LogP contribution >= 0.6 is 0 Å². The molecule has 3 heterocycles. The summed E-state index contributed by atoms with van der Waals surface area (Å²) >= 11 is 0. The van der Waals surface area contributed by atoms with Crippen LogP contribution in [0.4, 0.5) is 0 Å². The van der Waals surface area contributed by atoms with Crippen LogP contribution in [0.5, 0.6) is 0 Å². The lowest BCUT2D eigenvalue weighted by molar-refractivity contribution is 1.40. The fourth-order valence-corrected chi connectivity index (χ4v) is 9.42. The van der Waals surface area contributed by atoms with Crippen LogP contribution in [-0.2, 0) is 0 Å². The molecule has 0 aliphatic rings. The second-order valence-electron chi connectivity index (χ2n) is 15.9. The van der Waals surface area contributed by atoms with E-state index < -0.39 is 0 Å². The third-order valence-corrected chi connectivity index (χ3v) is 12.3. The molecule has 3 heteroatoms. The van der Waals surface area contributed by atoms with Crippen LogP contribution < -0.4 is 0 Å². The Bertz CT molecular complexity index is 3530. The highest BCUT2D eigenvalue weighted by Gasteiger charge is 2.18. The molecule has 0 saturated carbocycles. The molecule has 62 heavy (non-hydrogen) atoms. The zero-order chi connectivity index (χ0) is 41.0. The number of fused-ring (bicyclic) bond motifs is 6. The maximum atomic E-state index is 5.21. The van der Waals surface area contributed by atoms with E-state index in [1.165, 1.54) is 33.2 Å². The predicted octanol–water partition coefficient (Wildman–Crippen LogP) is 15.6. The van der Waals surface area contributed by atoms with Crippen molar-refractivity contribution in [3.8, 4) is 66.8 Å². The highest BCUT2D eigenvalue weighted by Crippen LogP contribution is 2.43. The molecule has 0 spiro atoms. The van der Waals surface area contributed by atoms with Crippen molar-refractivity contribution < 1.29 is 0 Å². The first-order valence-corrected chi connectivity index (χ1v) is 21.1. The Hall–Kier alpha value is -8.27. The Morgan fingerprint density at radius 1 is 0.258 bits per heavy atom. The standard InChI is InChI=1S/C59H37N3/c1-3-13-39(14-4-1)46-29-31-49(57-51(46)20-11-33-60-57)44-35-43(36-45(37-44)50-32-30-47(40-15-5-2-6-16-40)52-21-12-34-61-58(50)52)38-23-25-42(26-24-38)56-53-19-9-10-22-55(53)62-59-48-18-8-7-17-41(48)27-28-54(56)59/h1-37H. The summed E-state index contributed by atoms with van der Waals surface area (Å²) < 4.78 is 0. The Morgan fingerprint density at radius 3 is 1.39 bits per heavy atom. The molecule has 0 N–H and O–H groups in total. The van der Waals surface area contributed by atoms with Crippen LogP contribution in [0.1, 0.15) is 0 Å². The Labute approximate surface area is 359 Å². The number of pyridine rings is 3. The van der Waals surface area contributed by atoms with Gasteiger partial charge in [-0.15, -0.1) is 0 Å². The Balaban J connectivity index is 1.06. The summed E-state index contributed by atoms with van der Waals surface area (Å²) in [4.78, 5) is 15.3. The topological polar surface area (TPSA) is 38.7 Å². The molecule has 3 nitrogen and oxygen atoms in total. The van der Waals surface area contributed by atoms with E-state index >= 15 is 0 Å². The summed E-state index contributed by atoms with van der Waals surface area (Å²) in [5, 5.41) is 6.89. The third kappa shape index (κ3) is 6.02. The first-order valence-electron chi connectivity index (χ1n) is 21.1. The minimum atomic E-state index is 0.971. The molecule has 12 rings (SSSR count). The van der Waals surface area contributed by atoms with Gasteiger partial charge in [0, 0.05) is 56.0 Å². The van der Waals surface area contributed by atoms with Crippen molar-refractivity contribution in [3.63, 3.8) is 0 Å². The average molecular weight is 788 g/mol. The van der Waals surface area contributed by atoms with Gasteiger partial charge in [-0.25, -0.2) is 4.98 Å². The van der Waals surface area contributed by atoms with Crippen molar-refractivity contribution >= 4 is 54.4 Å². The largest absolute Gasteiger partial charge is 0.256 e. The number of para-hydroxylation sites is 1. The van der Waals surface area contributed by atoms with E-state index in [2.05, 4.69) is 200 Å². The molecule has 9 aromatic carbocycles. The van der Waals surface area contributed by atoms with Crippen molar-refractivity contribution in [2.45, 2.75) is 0 Å². The zero-order valence-electron chi connectivity index (χ0n) is 33.7. The fraction of sp³-hybridized carbons (Fsp3) is 0. The number of aromatic nitrogens is 3. The highest BCUT2D eigenvalue weighted by atomic mass is 14.7. The molecule has 0 unspecified atom stereocenters. The maximum Gasteiger partial charge on any atom is 0.0794 e. The molecular formula is C59H37N3. The number of hydrogen-bond acceptors (Lipinski definition) is 3. The summed E-state index contributed by atoms with van der Waals surface area (Å²) in [5.41, 5.74) is 17.6. The quantitative estimate of drug-likeness (QED) is 0.124. The number of hydrogen-bond donors (Lipinski definition) is 0. The molecular weight excluding hydrogens is 751 g/mol. The van der Waals surface area contributed by atoms with Gasteiger partial charge in [-0.1, -0.05) is 176 Å². The van der Waals surface area contributed by atoms with Gasteiger partial charge in [0.25, 0.3) is 0 Å². The van der Waals surface area contributed by atoms with Gasteiger partial charge in [-0.2, -0.15) is 0 Å². The van der Waals surface area contributed by atoms with Crippen LogP contribution in [0.25, 0.3) is 121 Å². The average Bonchev–Trinajstić information content (AvgIpc) is 3.35. The van der Waals surface area contributed by atoms with Crippen LogP contribution in [0.2, 0.25) is 0 Å². The lowest BCUT2D eigenvalue weighted by Crippen LogP contribution is -1.93. The number of rotatable bonds is 6. The van der Waals surface area contributed by atoms with Crippen molar-refractivity contribution in [2.24, 2.45) is 0 Å². The van der Waals surface area contributed by atoms with Crippen LogP contribution in [-0.4, -0.2) is 15.0 Å². The third-order valence-electron chi connectivity index (χ3n) is 12.3. The van der Waals surface area contributed by atoms with E-state index in [0.29, 0.717) is 0 Å². The molecule has 0 saturated heterocycles. The minimum Gasteiger partial charge on any atom is -0.256 e. The summed E-state index contributed by atoms with van der Waals surface area (Å²) in [6.07, 6.45) is 3.80. The first-order chi connectivity index (χ1) is 30.7. The summed E-state index contributed by atoms with van der Waals surface area (Å²) in [5.74, 6) is 0. The van der Waals surface area contributed by atoms with Gasteiger partial charge in [-0.05, 0) is 91.9 Å². The molecule has 0 atom stereocenters. The van der Waals surface area contributed by atoms with Crippen LogP contribution in [0.15, 0.2) is 225 Å². The molecule has 3 aromatic heterocycles. The molecule has 0 fully saturated rings. The van der Waals surface area contributed by atoms with Gasteiger partial charge in [0.15, 0.2) is 0 Å². The van der Waals surface area contributed by atoms with Crippen molar-refractivity contribution in [2.75, 3.05) is 0 Å². The van der Waals surface area contributed by atoms with E-state index in [9.17, 15) is 0 Å².